The van der Waals surface area contributed by atoms with Crippen molar-refractivity contribution >= 4 is 22.9 Å². The topological polar surface area (TPSA) is 109 Å². The number of ketones is 1. The van der Waals surface area contributed by atoms with Crippen LogP contribution >= 0.6 is 0 Å². The molecule has 234 valence electrons. The van der Waals surface area contributed by atoms with E-state index in [1.54, 1.807) is 24.3 Å². The van der Waals surface area contributed by atoms with Gasteiger partial charge in [0.25, 0.3) is 0 Å². The second-order valence-electron chi connectivity index (χ2n) is 12.1. The number of carbonyl (C=O) groups excluding carboxylic acids is 2. The molecule has 1 saturated carbocycles. The molecule has 0 radical (unpaired) electrons. The van der Waals surface area contributed by atoms with Crippen LogP contribution in [0.4, 0.5) is 4.39 Å². The number of aromatic nitrogens is 4. The first kappa shape index (κ1) is 29.5. The van der Waals surface area contributed by atoms with Gasteiger partial charge in [-0.15, -0.1) is 0 Å². The molecular formula is C34H36FN5O5. The molecule has 2 saturated heterocycles. The lowest BCUT2D eigenvalue weighted by molar-refractivity contribution is -0.0593. The first-order chi connectivity index (χ1) is 21.9. The molecule has 1 aromatic carbocycles. The summed E-state index contributed by atoms with van der Waals surface area (Å²) >= 11 is 0. The molecule has 3 fully saturated rings. The minimum absolute atomic E-state index is 0.0231. The van der Waals surface area contributed by atoms with Gasteiger partial charge in [-0.05, 0) is 69.5 Å². The number of likely N-dealkylation sites (tertiary alicyclic amines) is 1. The van der Waals surface area contributed by atoms with Crippen molar-refractivity contribution in [3.8, 4) is 5.88 Å². The molecule has 1 atom stereocenters. The van der Waals surface area contributed by atoms with Crippen LogP contribution in [0.15, 0.2) is 48.5 Å². The number of ether oxygens (including phenoxy) is 3. The summed E-state index contributed by atoms with van der Waals surface area (Å²) in [4.78, 5) is 41.0. The number of hydrogen-bond acceptors (Lipinski definition) is 9. The Labute approximate surface area is 260 Å². The largest absolute Gasteiger partial charge is 0.473 e. The monoisotopic (exact) mass is 613 g/mol. The van der Waals surface area contributed by atoms with Gasteiger partial charge in [0.15, 0.2) is 17.1 Å². The summed E-state index contributed by atoms with van der Waals surface area (Å²) in [7, 11) is 1.35. The summed E-state index contributed by atoms with van der Waals surface area (Å²) in [6.07, 6.45) is 4.74. The Morgan fingerprint density at radius 3 is 2.53 bits per heavy atom. The Kier molecular flexibility index (Phi) is 8.29. The van der Waals surface area contributed by atoms with Crippen LogP contribution in [0.1, 0.15) is 76.0 Å². The van der Waals surface area contributed by atoms with Gasteiger partial charge in [-0.3, -0.25) is 9.69 Å². The molecule has 45 heavy (non-hydrogen) atoms. The van der Waals surface area contributed by atoms with Crippen molar-refractivity contribution in [3.05, 3.63) is 82.7 Å². The zero-order valence-corrected chi connectivity index (χ0v) is 25.3. The van der Waals surface area contributed by atoms with Crippen molar-refractivity contribution in [1.29, 1.82) is 0 Å². The van der Waals surface area contributed by atoms with Gasteiger partial charge in [0.1, 0.15) is 23.8 Å². The molecule has 0 unspecified atom stereocenters. The summed E-state index contributed by atoms with van der Waals surface area (Å²) in [5.41, 5.74) is 3.47. The van der Waals surface area contributed by atoms with Crippen LogP contribution < -0.4 is 4.74 Å². The summed E-state index contributed by atoms with van der Waals surface area (Å²) in [5.74, 6) is 0.811. The van der Waals surface area contributed by atoms with Crippen molar-refractivity contribution in [2.24, 2.45) is 5.92 Å². The summed E-state index contributed by atoms with van der Waals surface area (Å²) in [6.45, 7) is 3.85. The first-order valence-electron chi connectivity index (χ1n) is 15.7. The molecule has 3 aromatic heterocycles. The quantitative estimate of drug-likeness (QED) is 0.169. The van der Waals surface area contributed by atoms with Crippen molar-refractivity contribution in [2.45, 2.75) is 63.8 Å². The third-order valence-corrected chi connectivity index (χ3v) is 9.02. The molecule has 0 N–H and O–H groups in total. The van der Waals surface area contributed by atoms with Gasteiger partial charge in [-0.1, -0.05) is 18.2 Å². The summed E-state index contributed by atoms with van der Waals surface area (Å²) < 4.78 is 33.3. The van der Waals surface area contributed by atoms with E-state index in [0.717, 1.165) is 68.8 Å². The molecule has 0 bridgehead atoms. The lowest BCUT2D eigenvalue weighted by Gasteiger charge is -2.32. The first-order valence-corrected chi connectivity index (χ1v) is 15.7. The third-order valence-electron chi connectivity index (χ3n) is 9.02. The van der Waals surface area contributed by atoms with Crippen LogP contribution in [0.3, 0.4) is 0 Å². The van der Waals surface area contributed by atoms with E-state index in [2.05, 4.69) is 14.5 Å². The maximum Gasteiger partial charge on any atom is 0.356 e. The van der Waals surface area contributed by atoms with E-state index >= 15 is 0 Å². The number of esters is 1. The highest BCUT2D eigenvalue weighted by Gasteiger charge is 2.31. The van der Waals surface area contributed by atoms with E-state index < -0.39 is 11.8 Å². The second kappa shape index (κ2) is 12.6. The fourth-order valence-electron chi connectivity index (χ4n) is 6.09. The summed E-state index contributed by atoms with van der Waals surface area (Å²) in [5, 5.41) is 0. The van der Waals surface area contributed by atoms with Gasteiger partial charge in [0.2, 0.25) is 5.88 Å². The standard InChI is InChI=1S/C34H36FN5O5/c1-43-34(42)29-10-9-28-33(38-29)40(18-25-13-16-44-25)30(36-28)19-39-14-11-21(12-15-39)27-3-2-4-31(37-27)45-20-24-8-7-23(17-26(24)35)32(41)22-5-6-22/h2-4,7-10,17,21-22,25H,5-6,11-16,18-20H2,1H3/t25-/m0/s1. The number of carbonyl (C=O) groups is 2. The predicted molar refractivity (Wildman–Crippen MR) is 162 cm³/mol. The highest BCUT2D eigenvalue weighted by molar-refractivity contribution is 5.99. The molecule has 10 nitrogen and oxygen atoms in total. The summed E-state index contributed by atoms with van der Waals surface area (Å²) in [6, 6.07) is 13.9. The smallest absolute Gasteiger partial charge is 0.356 e. The van der Waals surface area contributed by atoms with Crippen LogP contribution in [0.2, 0.25) is 0 Å². The van der Waals surface area contributed by atoms with E-state index in [1.165, 1.54) is 13.2 Å². The zero-order chi connectivity index (χ0) is 30.9. The SMILES string of the molecule is COC(=O)c1ccc2nc(CN3CCC(c4cccc(OCc5ccc(C(=O)C6CC6)cc5F)n4)CC3)n(C[C@@H]3CCO3)c2n1. The lowest BCUT2D eigenvalue weighted by atomic mass is 9.93. The Balaban J connectivity index is 0.981. The molecular weight excluding hydrogens is 577 g/mol. The molecule has 3 aliphatic rings. The highest BCUT2D eigenvalue weighted by Crippen LogP contribution is 2.33. The number of piperidine rings is 1. The third kappa shape index (κ3) is 6.46. The van der Waals surface area contributed by atoms with E-state index in [4.69, 9.17) is 24.2 Å². The number of pyridine rings is 2. The number of rotatable bonds is 11. The van der Waals surface area contributed by atoms with Crippen molar-refractivity contribution < 1.29 is 28.2 Å². The number of imidazole rings is 1. The molecule has 4 aromatic rings. The number of nitrogens with zero attached hydrogens (tertiary/aromatic N) is 5. The number of benzene rings is 1. The molecule has 0 amide bonds. The van der Waals surface area contributed by atoms with Crippen LogP contribution in [-0.4, -0.2) is 69.1 Å². The minimum Gasteiger partial charge on any atom is -0.473 e. The fourth-order valence-corrected chi connectivity index (χ4v) is 6.09. The van der Waals surface area contributed by atoms with Gasteiger partial charge in [0, 0.05) is 41.3 Å². The van der Waals surface area contributed by atoms with Crippen LogP contribution in [0.5, 0.6) is 5.88 Å². The second-order valence-corrected chi connectivity index (χ2v) is 12.1. The van der Waals surface area contributed by atoms with Crippen LogP contribution in [0.25, 0.3) is 11.2 Å². The van der Waals surface area contributed by atoms with E-state index in [9.17, 15) is 14.0 Å². The predicted octanol–water partition coefficient (Wildman–Crippen LogP) is 5.09. The van der Waals surface area contributed by atoms with Gasteiger partial charge in [-0.25, -0.2) is 24.1 Å². The molecule has 1 aliphatic carbocycles. The average molecular weight is 614 g/mol. The molecule has 7 rings (SSSR count). The lowest BCUT2D eigenvalue weighted by Crippen LogP contribution is -2.35. The number of hydrogen-bond donors (Lipinski definition) is 0. The number of methoxy groups -OCH3 is 1. The van der Waals surface area contributed by atoms with Gasteiger partial charge in [-0.2, -0.15) is 0 Å². The maximum atomic E-state index is 14.7. The molecule has 11 heteroatoms. The van der Waals surface area contributed by atoms with Crippen molar-refractivity contribution in [2.75, 3.05) is 26.8 Å². The van der Waals surface area contributed by atoms with E-state index in [0.29, 0.717) is 35.7 Å². The minimum atomic E-state index is -0.473. The van der Waals surface area contributed by atoms with Gasteiger partial charge in [0.05, 0.1) is 26.3 Å². The van der Waals surface area contributed by atoms with Crippen molar-refractivity contribution in [3.63, 3.8) is 0 Å². The Hall–Kier alpha value is -4.22. The number of fused-ring (bicyclic) bond motifs is 1. The number of halogens is 1. The Bertz CT molecular complexity index is 1730. The average Bonchev–Trinajstić information content (AvgIpc) is 3.84. The van der Waals surface area contributed by atoms with Crippen LogP contribution in [-0.2, 0) is 29.2 Å². The Morgan fingerprint density at radius 1 is 1.00 bits per heavy atom. The fraction of sp³-hybridized carbons (Fsp3) is 0.441. The van der Waals surface area contributed by atoms with Gasteiger partial charge >= 0.3 is 5.97 Å². The van der Waals surface area contributed by atoms with E-state index in [1.807, 2.05) is 18.2 Å². The van der Waals surface area contributed by atoms with Crippen LogP contribution in [0, 0.1) is 11.7 Å². The van der Waals surface area contributed by atoms with Gasteiger partial charge < -0.3 is 18.8 Å². The molecule has 2 aliphatic heterocycles. The Morgan fingerprint density at radius 2 is 1.82 bits per heavy atom. The normalized spacial score (nSPS) is 18.9. The maximum absolute atomic E-state index is 14.7. The van der Waals surface area contributed by atoms with E-state index in [-0.39, 0.29) is 36.0 Å². The zero-order valence-electron chi connectivity index (χ0n) is 25.3. The highest BCUT2D eigenvalue weighted by atomic mass is 19.1. The molecule has 0 spiro atoms. The van der Waals surface area contributed by atoms with Crippen molar-refractivity contribution in [1.82, 2.24) is 24.4 Å². The molecule has 5 heterocycles. The number of Topliss-reactive ketones (excluding diaryl/α,β-unsaturated/α-hetero) is 1.